The molecular formula is C24H25NO4. The van der Waals surface area contributed by atoms with Crippen molar-refractivity contribution in [1.82, 2.24) is 4.90 Å². The fraction of sp³-hybridized carbons (Fsp3) is 0.250. The molecule has 0 radical (unpaired) electrons. The zero-order valence-electron chi connectivity index (χ0n) is 16.7. The summed E-state index contributed by atoms with van der Waals surface area (Å²) in [6.45, 7) is 3.43. The van der Waals surface area contributed by atoms with Crippen LogP contribution in [-0.4, -0.2) is 37.1 Å². The highest BCUT2D eigenvalue weighted by Gasteiger charge is 2.34. The van der Waals surface area contributed by atoms with Gasteiger partial charge in [-0.1, -0.05) is 60.7 Å². The van der Waals surface area contributed by atoms with Gasteiger partial charge < -0.3 is 9.47 Å². The third-order valence-corrected chi connectivity index (χ3v) is 4.83. The second-order valence-corrected chi connectivity index (χ2v) is 6.68. The van der Waals surface area contributed by atoms with E-state index in [2.05, 4.69) is 17.0 Å². The number of ether oxygens (including phenoxy) is 2. The van der Waals surface area contributed by atoms with Crippen molar-refractivity contribution in [1.29, 1.82) is 0 Å². The van der Waals surface area contributed by atoms with Gasteiger partial charge in [-0.15, -0.1) is 0 Å². The zero-order chi connectivity index (χ0) is 20.6. The van der Waals surface area contributed by atoms with Gasteiger partial charge in [-0.3, -0.25) is 4.90 Å². The number of nitrogens with zero attached hydrogens (tertiary/aromatic N) is 1. The Morgan fingerprint density at radius 1 is 1.10 bits per heavy atom. The molecule has 0 amide bonds. The third-order valence-electron chi connectivity index (χ3n) is 4.83. The molecule has 5 heteroatoms. The highest BCUT2D eigenvalue weighted by atomic mass is 16.5. The standard InChI is InChI=1S/C24H25NO4/c1-3-29-22(26)14-13-19-11-7-8-12-20(19)23-21(24(27)28-2)15-16-25(23)17-18-9-5-4-6-10-18/h4-15,23H,3,16-17H2,1-2H3/b14-13+. The van der Waals surface area contributed by atoms with Crippen LogP contribution in [0, 0.1) is 0 Å². The molecule has 0 saturated heterocycles. The highest BCUT2D eigenvalue weighted by molar-refractivity contribution is 5.91. The lowest BCUT2D eigenvalue weighted by Crippen LogP contribution is -2.27. The number of hydrogen-bond donors (Lipinski definition) is 0. The van der Waals surface area contributed by atoms with Gasteiger partial charge in [0.15, 0.2) is 0 Å². The Labute approximate surface area is 171 Å². The van der Waals surface area contributed by atoms with Crippen LogP contribution in [0.25, 0.3) is 6.08 Å². The largest absolute Gasteiger partial charge is 0.466 e. The third kappa shape index (κ3) is 5.00. The molecule has 150 valence electrons. The van der Waals surface area contributed by atoms with Gasteiger partial charge in [-0.2, -0.15) is 0 Å². The van der Waals surface area contributed by atoms with Crippen LogP contribution in [0.5, 0.6) is 0 Å². The first-order valence-electron chi connectivity index (χ1n) is 9.64. The predicted octanol–water partition coefficient (Wildman–Crippen LogP) is 3.92. The summed E-state index contributed by atoms with van der Waals surface area (Å²) in [5.74, 6) is -0.728. The second-order valence-electron chi connectivity index (χ2n) is 6.68. The van der Waals surface area contributed by atoms with E-state index in [1.807, 2.05) is 48.5 Å². The van der Waals surface area contributed by atoms with Crippen molar-refractivity contribution in [3.63, 3.8) is 0 Å². The molecule has 2 aromatic carbocycles. The topological polar surface area (TPSA) is 55.8 Å². The van der Waals surface area contributed by atoms with Gasteiger partial charge in [-0.05, 0) is 29.7 Å². The van der Waals surface area contributed by atoms with E-state index < -0.39 is 5.97 Å². The molecule has 5 nitrogen and oxygen atoms in total. The SMILES string of the molecule is CCOC(=O)/C=C/c1ccccc1C1C(C(=O)OC)=CCN1Cc1ccccc1. The van der Waals surface area contributed by atoms with Gasteiger partial charge >= 0.3 is 11.9 Å². The number of rotatable bonds is 7. The Morgan fingerprint density at radius 2 is 1.83 bits per heavy atom. The molecule has 1 atom stereocenters. The monoisotopic (exact) mass is 391 g/mol. The summed E-state index contributed by atoms with van der Waals surface area (Å²) >= 11 is 0. The quantitative estimate of drug-likeness (QED) is 0.529. The summed E-state index contributed by atoms with van der Waals surface area (Å²) in [6.07, 6.45) is 5.08. The van der Waals surface area contributed by atoms with Gasteiger partial charge in [0.25, 0.3) is 0 Å². The summed E-state index contributed by atoms with van der Waals surface area (Å²) in [5, 5.41) is 0. The molecule has 0 N–H and O–H groups in total. The Bertz CT molecular complexity index is 917. The van der Waals surface area contributed by atoms with E-state index in [0.717, 1.165) is 16.7 Å². The normalized spacial score (nSPS) is 16.6. The maximum Gasteiger partial charge on any atom is 0.335 e. The van der Waals surface area contributed by atoms with Crippen LogP contribution < -0.4 is 0 Å². The molecule has 2 aromatic rings. The first kappa shape index (κ1) is 20.6. The maximum absolute atomic E-state index is 12.4. The van der Waals surface area contributed by atoms with Gasteiger partial charge in [0.05, 0.1) is 25.3 Å². The molecule has 0 saturated carbocycles. The number of methoxy groups -OCH3 is 1. The van der Waals surface area contributed by atoms with Crippen molar-refractivity contribution in [3.05, 3.63) is 89.0 Å². The Kier molecular flexibility index (Phi) is 6.98. The van der Waals surface area contributed by atoms with Gasteiger partial charge in [-0.25, -0.2) is 9.59 Å². The molecule has 29 heavy (non-hydrogen) atoms. The minimum atomic E-state index is -0.390. The molecule has 1 aliphatic heterocycles. The lowest BCUT2D eigenvalue weighted by Gasteiger charge is -2.28. The van der Waals surface area contributed by atoms with Crippen LogP contribution in [0.2, 0.25) is 0 Å². The van der Waals surface area contributed by atoms with Gasteiger partial charge in [0.1, 0.15) is 0 Å². The molecule has 0 bridgehead atoms. The summed E-state index contributed by atoms with van der Waals surface area (Å²) < 4.78 is 10.0. The smallest absolute Gasteiger partial charge is 0.335 e. The zero-order valence-corrected chi connectivity index (χ0v) is 16.7. The van der Waals surface area contributed by atoms with E-state index in [1.54, 1.807) is 13.0 Å². The van der Waals surface area contributed by atoms with Crippen LogP contribution in [0.1, 0.15) is 29.7 Å². The molecule has 0 fully saturated rings. The molecule has 3 rings (SSSR count). The number of esters is 2. The minimum absolute atomic E-state index is 0.259. The van der Waals surface area contributed by atoms with Crippen LogP contribution in [0.3, 0.4) is 0 Å². The molecule has 0 aromatic heterocycles. The molecule has 1 unspecified atom stereocenters. The van der Waals surface area contributed by atoms with Gasteiger partial charge in [0, 0.05) is 19.2 Å². The Hall–Kier alpha value is -3.18. The van der Waals surface area contributed by atoms with Crippen molar-refractivity contribution in [3.8, 4) is 0 Å². The van der Waals surface area contributed by atoms with Crippen molar-refractivity contribution in [2.24, 2.45) is 0 Å². The van der Waals surface area contributed by atoms with E-state index >= 15 is 0 Å². The van der Waals surface area contributed by atoms with Crippen molar-refractivity contribution in [2.75, 3.05) is 20.3 Å². The van der Waals surface area contributed by atoms with Crippen LogP contribution in [-0.2, 0) is 25.6 Å². The number of carbonyl (C=O) groups is 2. The molecular weight excluding hydrogens is 366 g/mol. The van der Waals surface area contributed by atoms with E-state index in [0.29, 0.717) is 25.3 Å². The van der Waals surface area contributed by atoms with Crippen LogP contribution in [0.4, 0.5) is 0 Å². The fourth-order valence-electron chi connectivity index (χ4n) is 3.54. The van der Waals surface area contributed by atoms with Gasteiger partial charge in [0.2, 0.25) is 0 Å². The predicted molar refractivity (Wildman–Crippen MR) is 112 cm³/mol. The second kappa shape index (κ2) is 9.85. The van der Waals surface area contributed by atoms with Crippen molar-refractivity contribution >= 4 is 18.0 Å². The Balaban J connectivity index is 1.95. The van der Waals surface area contributed by atoms with Crippen molar-refractivity contribution in [2.45, 2.75) is 19.5 Å². The lowest BCUT2D eigenvalue weighted by molar-refractivity contribution is -0.137. The van der Waals surface area contributed by atoms with E-state index in [9.17, 15) is 9.59 Å². The molecule has 1 heterocycles. The Morgan fingerprint density at radius 3 is 2.55 bits per heavy atom. The van der Waals surface area contributed by atoms with Crippen LogP contribution in [0.15, 0.2) is 72.3 Å². The van der Waals surface area contributed by atoms with E-state index in [4.69, 9.17) is 9.47 Å². The minimum Gasteiger partial charge on any atom is -0.466 e. The fourth-order valence-corrected chi connectivity index (χ4v) is 3.54. The maximum atomic E-state index is 12.4. The van der Waals surface area contributed by atoms with E-state index in [1.165, 1.54) is 13.2 Å². The summed E-state index contributed by atoms with van der Waals surface area (Å²) in [6, 6.07) is 17.6. The first-order chi connectivity index (χ1) is 14.1. The number of carbonyl (C=O) groups excluding carboxylic acids is 2. The summed E-state index contributed by atoms with van der Waals surface area (Å²) in [4.78, 5) is 26.4. The average molecular weight is 391 g/mol. The summed E-state index contributed by atoms with van der Waals surface area (Å²) in [5.41, 5.74) is 3.58. The van der Waals surface area contributed by atoms with Crippen LogP contribution >= 0.6 is 0 Å². The average Bonchev–Trinajstić information content (AvgIpc) is 3.16. The highest BCUT2D eigenvalue weighted by Crippen LogP contribution is 2.37. The number of hydrogen-bond acceptors (Lipinski definition) is 5. The van der Waals surface area contributed by atoms with E-state index in [-0.39, 0.29) is 12.0 Å². The first-order valence-corrected chi connectivity index (χ1v) is 9.64. The molecule has 1 aliphatic rings. The lowest BCUT2D eigenvalue weighted by atomic mass is 9.94. The van der Waals surface area contributed by atoms with Crippen molar-refractivity contribution < 1.29 is 19.1 Å². The number of benzene rings is 2. The molecule has 0 aliphatic carbocycles. The summed E-state index contributed by atoms with van der Waals surface area (Å²) in [7, 11) is 1.40. The molecule has 0 spiro atoms.